The van der Waals surface area contributed by atoms with Gasteiger partial charge in [-0.05, 0) is 5.92 Å². The first-order valence-electron chi connectivity index (χ1n) is 7.33. The molecule has 0 aromatic rings. The highest BCUT2D eigenvalue weighted by atomic mass is 16.6. The van der Waals surface area contributed by atoms with Crippen LogP contribution in [0.3, 0.4) is 0 Å². The number of cyclic esters (lactones) is 1. The Bertz CT molecular complexity index is 430. The van der Waals surface area contributed by atoms with Crippen molar-refractivity contribution in [1.29, 1.82) is 0 Å². The average molecular weight is 299 g/mol. The summed E-state index contributed by atoms with van der Waals surface area (Å²) in [7, 11) is 0. The lowest BCUT2D eigenvalue weighted by atomic mass is 9.79. The van der Waals surface area contributed by atoms with E-state index in [1.165, 1.54) is 0 Å². The van der Waals surface area contributed by atoms with Crippen LogP contribution < -0.4 is 0 Å². The topological polar surface area (TPSA) is 83.9 Å². The predicted octanol–water partition coefficient (Wildman–Crippen LogP) is 1.75. The van der Waals surface area contributed by atoms with Gasteiger partial charge in [-0.3, -0.25) is 9.59 Å². The summed E-state index contributed by atoms with van der Waals surface area (Å²) in [5.41, 5.74) is -1.01. The highest BCUT2D eigenvalue weighted by molar-refractivity contribution is 5.94. The van der Waals surface area contributed by atoms with E-state index >= 15 is 0 Å². The van der Waals surface area contributed by atoms with E-state index in [-0.39, 0.29) is 30.8 Å². The van der Waals surface area contributed by atoms with Crippen LogP contribution in [-0.2, 0) is 14.3 Å². The number of amides is 2. The van der Waals surface area contributed by atoms with Crippen LogP contribution in [-0.4, -0.2) is 46.5 Å². The first-order valence-corrected chi connectivity index (χ1v) is 7.33. The van der Waals surface area contributed by atoms with Crippen molar-refractivity contribution in [2.75, 3.05) is 6.61 Å². The number of carbonyl (C=O) groups excluding carboxylic acids is 3. The average Bonchev–Trinajstić information content (AvgIpc) is 2.79. The number of aliphatic hydroxyl groups excluding tert-OH is 1. The molecule has 6 nitrogen and oxygen atoms in total. The van der Waals surface area contributed by atoms with Crippen LogP contribution in [0.15, 0.2) is 0 Å². The van der Waals surface area contributed by atoms with E-state index in [1.807, 2.05) is 13.8 Å². The minimum atomic E-state index is -1.13. The van der Waals surface area contributed by atoms with Crippen LogP contribution in [0.2, 0.25) is 0 Å². The molecule has 1 fully saturated rings. The maximum absolute atomic E-state index is 12.3. The molecule has 1 heterocycles. The van der Waals surface area contributed by atoms with Crippen molar-refractivity contribution in [3.8, 4) is 0 Å². The summed E-state index contributed by atoms with van der Waals surface area (Å²) in [4.78, 5) is 36.9. The molecule has 1 N–H and O–H groups in total. The molecule has 1 aliphatic heterocycles. The molecule has 0 bridgehead atoms. The molecule has 1 aliphatic rings. The van der Waals surface area contributed by atoms with Crippen molar-refractivity contribution in [2.45, 2.75) is 59.6 Å². The second-order valence-corrected chi connectivity index (χ2v) is 6.37. The zero-order valence-corrected chi connectivity index (χ0v) is 13.4. The Morgan fingerprint density at radius 2 is 2.00 bits per heavy atom. The monoisotopic (exact) mass is 299 g/mol. The van der Waals surface area contributed by atoms with Crippen LogP contribution in [0.4, 0.5) is 4.79 Å². The minimum Gasteiger partial charge on any atom is -0.447 e. The van der Waals surface area contributed by atoms with Crippen LogP contribution >= 0.6 is 0 Å². The molecule has 0 radical (unpaired) electrons. The fourth-order valence-electron chi connectivity index (χ4n) is 2.37. The number of hydrogen-bond acceptors (Lipinski definition) is 5. The molecule has 1 rings (SSSR count). The summed E-state index contributed by atoms with van der Waals surface area (Å²) < 4.78 is 4.91. The molecule has 0 aromatic carbocycles. The van der Waals surface area contributed by atoms with Crippen molar-refractivity contribution < 1.29 is 24.2 Å². The minimum absolute atomic E-state index is 0.0721. The molecule has 0 saturated carbocycles. The highest BCUT2D eigenvalue weighted by Gasteiger charge is 2.42. The summed E-state index contributed by atoms with van der Waals surface area (Å²) >= 11 is 0. The summed E-state index contributed by atoms with van der Waals surface area (Å²) in [6.45, 7) is 8.90. The van der Waals surface area contributed by atoms with E-state index < -0.39 is 23.5 Å². The first kappa shape index (κ1) is 17.6. The summed E-state index contributed by atoms with van der Waals surface area (Å²) in [6, 6.07) is -0.317. The third kappa shape index (κ3) is 3.61. The standard InChI is InChI=1S/C15H25NO5/c1-6-11(17)15(4,5)12(18)7-13(19)16-10(9(2)3)8-21-14(16)20/h9-10,12,18H,6-8H2,1-5H3. The Kier molecular flexibility index (Phi) is 5.50. The second-order valence-electron chi connectivity index (χ2n) is 6.37. The summed E-state index contributed by atoms with van der Waals surface area (Å²) in [5.74, 6) is -0.546. The Morgan fingerprint density at radius 3 is 2.48 bits per heavy atom. The molecular formula is C15H25NO5. The van der Waals surface area contributed by atoms with Crippen LogP contribution in [0, 0.1) is 11.3 Å². The van der Waals surface area contributed by atoms with Gasteiger partial charge < -0.3 is 9.84 Å². The van der Waals surface area contributed by atoms with Crippen molar-refractivity contribution in [3.05, 3.63) is 0 Å². The van der Waals surface area contributed by atoms with Crippen molar-refractivity contribution in [3.63, 3.8) is 0 Å². The fraction of sp³-hybridized carbons (Fsp3) is 0.800. The Balaban J connectivity index is 2.80. The molecule has 2 unspecified atom stereocenters. The van der Waals surface area contributed by atoms with Crippen molar-refractivity contribution in [2.24, 2.45) is 11.3 Å². The third-order valence-electron chi connectivity index (χ3n) is 4.18. The molecule has 0 spiro atoms. The number of hydrogen-bond donors (Lipinski definition) is 1. The van der Waals surface area contributed by atoms with Gasteiger partial charge in [-0.2, -0.15) is 0 Å². The summed E-state index contributed by atoms with van der Waals surface area (Å²) in [6.07, 6.45) is -1.78. The molecule has 2 atom stereocenters. The molecule has 6 heteroatoms. The molecular weight excluding hydrogens is 274 g/mol. The normalized spacial score (nSPS) is 20.6. The second kappa shape index (κ2) is 6.56. The maximum atomic E-state index is 12.3. The van der Waals surface area contributed by atoms with Gasteiger partial charge in [0.25, 0.3) is 0 Å². The van der Waals surface area contributed by atoms with E-state index in [0.29, 0.717) is 6.42 Å². The number of aliphatic hydroxyl groups is 1. The van der Waals surface area contributed by atoms with Crippen molar-refractivity contribution in [1.82, 2.24) is 4.90 Å². The molecule has 2 amide bonds. The Morgan fingerprint density at radius 1 is 1.43 bits per heavy atom. The molecule has 21 heavy (non-hydrogen) atoms. The lowest BCUT2D eigenvalue weighted by Crippen LogP contribution is -2.46. The van der Waals surface area contributed by atoms with Crippen LogP contribution in [0.1, 0.15) is 47.5 Å². The summed E-state index contributed by atoms with van der Waals surface area (Å²) in [5, 5.41) is 10.2. The number of nitrogens with zero attached hydrogens (tertiary/aromatic N) is 1. The number of ketones is 1. The van der Waals surface area contributed by atoms with Gasteiger partial charge in [0, 0.05) is 11.8 Å². The van der Waals surface area contributed by atoms with Gasteiger partial charge in [-0.25, -0.2) is 9.69 Å². The van der Waals surface area contributed by atoms with Gasteiger partial charge in [-0.15, -0.1) is 0 Å². The zero-order chi connectivity index (χ0) is 16.4. The van der Waals surface area contributed by atoms with Gasteiger partial charge in [0.15, 0.2) is 0 Å². The van der Waals surface area contributed by atoms with Crippen LogP contribution in [0.5, 0.6) is 0 Å². The quantitative estimate of drug-likeness (QED) is 0.807. The van der Waals surface area contributed by atoms with E-state index in [4.69, 9.17) is 4.74 Å². The SMILES string of the molecule is CCC(=O)C(C)(C)C(O)CC(=O)N1C(=O)OCC1C(C)C. The predicted molar refractivity (Wildman–Crippen MR) is 76.5 cm³/mol. The molecule has 0 aromatic heterocycles. The lowest BCUT2D eigenvalue weighted by Gasteiger charge is -2.30. The van der Waals surface area contributed by atoms with Gasteiger partial charge in [0.2, 0.25) is 5.91 Å². The van der Waals surface area contributed by atoms with Crippen LogP contribution in [0.25, 0.3) is 0 Å². The molecule has 0 aliphatic carbocycles. The lowest BCUT2D eigenvalue weighted by molar-refractivity contribution is -0.138. The first-order chi connectivity index (χ1) is 9.62. The van der Waals surface area contributed by atoms with E-state index in [1.54, 1.807) is 20.8 Å². The van der Waals surface area contributed by atoms with Gasteiger partial charge in [-0.1, -0.05) is 34.6 Å². The largest absolute Gasteiger partial charge is 0.447 e. The number of ether oxygens (including phenoxy) is 1. The third-order valence-corrected chi connectivity index (χ3v) is 4.18. The van der Waals surface area contributed by atoms with Gasteiger partial charge in [0.1, 0.15) is 12.4 Å². The zero-order valence-electron chi connectivity index (χ0n) is 13.4. The van der Waals surface area contributed by atoms with E-state index in [2.05, 4.69) is 0 Å². The van der Waals surface area contributed by atoms with Gasteiger partial charge >= 0.3 is 6.09 Å². The fourth-order valence-corrected chi connectivity index (χ4v) is 2.37. The van der Waals surface area contributed by atoms with E-state index in [9.17, 15) is 19.5 Å². The Hall–Kier alpha value is -1.43. The van der Waals surface area contributed by atoms with E-state index in [0.717, 1.165) is 4.90 Å². The maximum Gasteiger partial charge on any atom is 0.416 e. The number of rotatable bonds is 6. The molecule has 120 valence electrons. The highest BCUT2D eigenvalue weighted by Crippen LogP contribution is 2.28. The number of Topliss-reactive ketones (excluding diaryl/α,β-unsaturated/α-hetero) is 1. The van der Waals surface area contributed by atoms with Crippen molar-refractivity contribution >= 4 is 17.8 Å². The van der Waals surface area contributed by atoms with Gasteiger partial charge in [0.05, 0.1) is 18.6 Å². The Labute approximate surface area is 125 Å². The smallest absolute Gasteiger partial charge is 0.416 e. The molecule has 1 saturated heterocycles. The number of imide groups is 1. The number of carbonyl (C=O) groups is 3.